The van der Waals surface area contributed by atoms with Gasteiger partial charge in [-0.25, -0.2) is 13.9 Å². The van der Waals surface area contributed by atoms with E-state index in [1.807, 2.05) is 12.1 Å². The fourth-order valence-electron chi connectivity index (χ4n) is 3.53. The van der Waals surface area contributed by atoms with Crippen LogP contribution in [0.15, 0.2) is 53.4 Å². The molecule has 0 radical (unpaired) electrons. The molecule has 0 saturated carbocycles. The number of likely N-dealkylation sites (tertiary alicyclic amines) is 1. The van der Waals surface area contributed by atoms with Crippen molar-refractivity contribution in [3.8, 4) is 11.1 Å². The van der Waals surface area contributed by atoms with Gasteiger partial charge in [0.2, 0.25) is 27.8 Å². The summed E-state index contributed by atoms with van der Waals surface area (Å²) in [6, 6.07) is 12.6. The lowest BCUT2D eigenvalue weighted by Crippen LogP contribution is -2.54. The van der Waals surface area contributed by atoms with E-state index in [1.54, 1.807) is 24.3 Å². The van der Waals surface area contributed by atoms with Gasteiger partial charge in [-0.3, -0.25) is 19.8 Å². The molecule has 35 heavy (non-hydrogen) atoms. The molecular formula is C22H27ClN6O5S. The number of rotatable bonds is 10. The molecule has 0 aromatic heterocycles. The second kappa shape index (κ2) is 12.0. The molecule has 188 valence electrons. The van der Waals surface area contributed by atoms with Crippen LogP contribution in [0.1, 0.15) is 12.8 Å². The molecule has 1 aliphatic rings. The normalized spacial score (nSPS) is 16.1. The molecule has 1 atom stereocenters. The van der Waals surface area contributed by atoms with Crippen LogP contribution >= 0.6 is 11.6 Å². The fraction of sp³-hybridized carbons (Fsp3) is 0.318. The highest BCUT2D eigenvalue weighted by Gasteiger charge is 2.33. The molecule has 1 aliphatic heterocycles. The van der Waals surface area contributed by atoms with Gasteiger partial charge in [-0.05, 0) is 48.2 Å². The molecule has 0 unspecified atom stereocenters. The number of nitrogens with zero attached hydrogens (tertiary/aromatic N) is 1. The van der Waals surface area contributed by atoms with Crippen molar-refractivity contribution in [2.75, 3.05) is 26.2 Å². The smallest absolute Gasteiger partial charge is 0.241 e. The topological polar surface area (TPSA) is 167 Å². The van der Waals surface area contributed by atoms with Gasteiger partial charge in [0, 0.05) is 18.1 Å². The number of amides is 2. The number of carbonyl (C=O) groups is 2. The van der Waals surface area contributed by atoms with E-state index in [9.17, 15) is 18.0 Å². The molecule has 6 N–H and O–H groups in total. The average Bonchev–Trinajstić information content (AvgIpc) is 2.82. The number of hydrogen-bond acceptors (Lipinski definition) is 6. The summed E-state index contributed by atoms with van der Waals surface area (Å²) >= 11 is 5.91. The van der Waals surface area contributed by atoms with Crippen molar-refractivity contribution in [3.05, 3.63) is 53.6 Å². The Labute approximate surface area is 208 Å². The Morgan fingerprint density at radius 1 is 1.14 bits per heavy atom. The number of nitrogens with one attached hydrogen (secondary N) is 4. The van der Waals surface area contributed by atoms with E-state index in [-0.39, 0.29) is 30.6 Å². The van der Waals surface area contributed by atoms with Crippen LogP contribution in [0, 0.1) is 5.41 Å². The summed E-state index contributed by atoms with van der Waals surface area (Å²) < 4.78 is 28.3. The number of guanidine groups is 1. The maximum Gasteiger partial charge on any atom is 0.241 e. The summed E-state index contributed by atoms with van der Waals surface area (Å²) in [6.45, 7) is 0.358. The van der Waals surface area contributed by atoms with Crippen molar-refractivity contribution in [1.82, 2.24) is 20.4 Å². The van der Waals surface area contributed by atoms with Crippen LogP contribution in [0.3, 0.4) is 0 Å². The zero-order valence-corrected chi connectivity index (χ0v) is 20.4. The van der Waals surface area contributed by atoms with Crippen LogP contribution < -0.4 is 21.3 Å². The van der Waals surface area contributed by atoms with Gasteiger partial charge in [0.15, 0.2) is 0 Å². The summed E-state index contributed by atoms with van der Waals surface area (Å²) in [7, 11) is -3.95. The first kappa shape index (κ1) is 26.4. The van der Waals surface area contributed by atoms with Crippen LogP contribution in [-0.4, -0.2) is 63.4 Å². The molecule has 0 aliphatic carbocycles. The standard InChI is InChI=1S/C22H27ClN6O5S/c23-17-7-3-15(4-8-17)16-5-9-18(10-6-16)35(32,33)28-19-2-1-12-29(21(19)31)14-20(30)26-11-13-34-27-22(24)25/h3-10,19,28H,1-2,11-14H2,(H,26,30)(H4,24,25,27)/t19-/m0/s1. The average molecular weight is 523 g/mol. The fourth-order valence-corrected chi connectivity index (χ4v) is 4.88. The molecule has 1 heterocycles. The lowest BCUT2D eigenvalue weighted by atomic mass is 10.1. The van der Waals surface area contributed by atoms with E-state index in [2.05, 4.69) is 15.5 Å². The summed E-state index contributed by atoms with van der Waals surface area (Å²) in [4.78, 5) is 31.2. The quantitative estimate of drug-likeness (QED) is 0.133. The Balaban J connectivity index is 1.55. The number of sulfonamides is 1. The minimum absolute atomic E-state index is 0.0389. The zero-order chi connectivity index (χ0) is 25.4. The predicted molar refractivity (Wildman–Crippen MR) is 131 cm³/mol. The van der Waals surface area contributed by atoms with Gasteiger partial charge in [-0.15, -0.1) is 0 Å². The number of benzene rings is 2. The van der Waals surface area contributed by atoms with Crippen molar-refractivity contribution >= 4 is 39.4 Å². The van der Waals surface area contributed by atoms with Gasteiger partial charge in [0.05, 0.1) is 18.0 Å². The highest BCUT2D eigenvalue weighted by molar-refractivity contribution is 7.89. The SMILES string of the molecule is N=C(N)NOCCNC(=O)CN1CCC[C@H](NS(=O)(=O)c2ccc(-c3ccc(Cl)cc3)cc2)C1=O. The largest absolute Gasteiger partial charge is 0.368 e. The van der Waals surface area contributed by atoms with E-state index >= 15 is 0 Å². The molecule has 2 amide bonds. The summed E-state index contributed by atoms with van der Waals surface area (Å²) in [5, 5.41) is 10.1. The first-order valence-corrected chi connectivity index (χ1v) is 12.7. The van der Waals surface area contributed by atoms with Crippen LogP contribution in [0.4, 0.5) is 0 Å². The van der Waals surface area contributed by atoms with Gasteiger partial charge < -0.3 is 16.0 Å². The second-order valence-corrected chi connectivity index (χ2v) is 9.97. The number of hydroxylamine groups is 1. The van der Waals surface area contributed by atoms with Crippen molar-refractivity contribution in [3.63, 3.8) is 0 Å². The maximum atomic E-state index is 12.9. The third kappa shape index (κ3) is 7.65. The Morgan fingerprint density at radius 3 is 2.40 bits per heavy atom. The Kier molecular flexibility index (Phi) is 9.04. The first-order valence-electron chi connectivity index (χ1n) is 10.8. The van der Waals surface area contributed by atoms with Crippen LogP contribution in [0.2, 0.25) is 5.02 Å². The van der Waals surface area contributed by atoms with Gasteiger partial charge in [-0.1, -0.05) is 35.9 Å². The minimum atomic E-state index is -3.95. The third-order valence-electron chi connectivity index (χ3n) is 5.21. The Morgan fingerprint density at radius 2 is 1.77 bits per heavy atom. The Hall–Kier alpha value is -3.19. The molecule has 2 aromatic carbocycles. The highest BCUT2D eigenvalue weighted by atomic mass is 35.5. The highest BCUT2D eigenvalue weighted by Crippen LogP contribution is 2.23. The lowest BCUT2D eigenvalue weighted by molar-refractivity contribution is -0.139. The molecule has 3 rings (SSSR count). The molecule has 1 saturated heterocycles. The number of carbonyl (C=O) groups excluding carboxylic acids is 2. The van der Waals surface area contributed by atoms with Gasteiger partial charge in [-0.2, -0.15) is 4.72 Å². The number of halogens is 1. The van der Waals surface area contributed by atoms with Crippen molar-refractivity contribution in [1.29, 1.82) is 5.41 Å². The molecule has 11 nitrogen and oxygen atoms in total. The summed E-state index contributed by atoms with van der Waals surface area (Å²) in [5.74, 6) is -1.23. The maximum absolute atomic E-state index is 12.9. The first-order chi connectivity index (χ1) is 16.7. The van der Waals surface area contributed by atoms with Crippen molar-refractivity contribution in [2.45, 2.75) is 23.8 Å². The molecule has 2 aromatic rings. The molecule has 0 spiro atoms. The molecule has 13 heteroatoms. The second-order valence-electron chi connectivity index (χ2n) is 7.82. The van der Waals surface area contributed by atoms with E-state index in [0.29, 0.717) is 24.4 Å². The zero-order valence-electron chi connectivity index (χ0n) is 18.8. The van der Waals surface area contributed by atoms with Crippen LogP contribution in [0.5, 0.6) is 0 Å². The number of piperidine rings is 1. The van der Waals surface area contributed by atoms with Crippen LogP contribution in [-0.2, 0) is 24.4 Å². The summed E-state index contributed by atoms with van der Waals surface area (Å²) in [5.41, 5.74) is 8.92. The van der Waals surface area contributed by atoms with Gasteiger partial charge in [0.25, 0.3) is 0 Å². The number of hydrogen-bond donors (Lipinski definition) is 5. The van der Waals surface area contributed by atoms with E-state index < -0.39 is 27.9 Å². The molecule has 1 fully saturated rings. The lowest BCUT2D eigenvalue weighted by Gasteiger charge is -2.32. The van der Waals surface area contributed by atoms with Crippen molar-refractivity contribution < 1.29 is 22.8 Å². The van der Waals surface area contributed by atoms with E-state index in [4.69, 9.17) is 27.6 Å². The molecular weight excluding hydrogens is 496 g/mol. The monoisotopic (exact) mass is 522 g/mol. The van der Waals surface area contributed by atoms with Gasteiger partial charge in [0.1, 0.15) is 6.04 Å². The molecule has 0 bridgehead atoms. The predicted octanol–water partition coefficient (Wildman–Crippen LogP) is 0.807. The van der Waals surface area contributed by atoms with Gasteiger partial charge >= 0.3 is 0 Å². The van der Waals surface area contributed by atoms with E-state index in [1.165, 1.54) is 17.0 Å². The van der Waals surface area contributed by atoms with Crippen molar-refractivity contribution in [2.24, 2.45) is 5.73 Å². The number of nitrogens with two attached hydrogens (primary N) is 1. The van der Waals surface area contributed by atoms with Crippen LogP contribution in [0.25, 0.3) is 11.1 Å². The third-order valence-corrected chi connectivity index (χ3v) is 6.95. The minimum Gasteiger partial charge on any atom is -0.368 e. The van der Waals surface area contributed by atoms with E-state index in [0.717, 1.165) is 11.1 Å². The summed E-state index contributed by atoms with van der Waals surface area (Å²) in [6.07, 6.45) is 0.886. The Bertz CT molecular complexity index is 1160.